The molecule has 1 aliphatic rings. The molecule has 0 fully saturated rings. The van der Waals surface area contributed by atoms with Crippen molar-refractivity contribution in [3.63, 3.8) is 0 Å². The number of para-hydroxylation sites is 1. The summed E-state index contributed by atoms with van der Waals surface area (Å²) in [4.78, 5) is 36.5. The van der Waals surface area contributed by atoms with Crippen LogP contribution in [0.2, 0.25) is 0 Å². The van der Waals surface area contributed by atoms with Crippen LogP contribution in [0.15, 0.2) is 58.9 Å². The topological polar surface area (TPSA) is 99.8 Å². The lowest BCUT2D eigenvalue weighted by molar-refractivity contribution is -0.138. The largest absolute Gasteiger partial charge is 0.478 e. The van der Waals surface area contributed by atoms with E-state index in [0.717, 1.165) is 11.0 Å². The van der Waals surface area contributed by atoms with E-state index in [4.69, 9.17) is 9.52 Å². The molecule has 0 radical (unpaired) electrons. The van der Waals surface area contributed by atoms with Crippen LogP contribution in [-0.4, -0.2) is 27.8 Å². The van der Waals surface area contributed by atoms with Gasteiger partial charge in [-0.3, -0.25) is 14.5 Å². The highest BCUT2D eigenvalue weighted by Crippen LogP contribution is 2.22. The Hall–Kier alpha value is -3.35. The zero-order valence-corrected chi connectivity index (χ0v) is 11.9. The Balaban J connectivity index is 1.80. The van der Waals surface area contributed by atoms with E-state index in [-0.39, 0.29) is 23.5 Å². The maximum atomic E-state index is 12.3. The molecule has 2 heterocycles. The summed E-state index contributed by atoms with van der Waals surface area (Å²) in [5, 5.41) is 11.9. The Labute approximate surface area is 130 Å². The summed E-state index contributed by atoms with van der Waals surface area (Å²) < 4.78 is 5.13. The number of aromatic carboxylic acids is 1. The molecule has 7 nitrogen and oxygen atoms in total. The number of hydrogen-bond donors (Lipinski definition) is 2. The van der Waals surface area contributed by atoms with Gasteiger partial charge in [0.25, 0.3) is 11.8 Å². The van der Waals surface area contributed by atoms with Crippen LogP contribution < -0.4 is 5.32 Å². The average molecular weight is 312 g/mol. The number of nitrogens with zero attached hydrogens (tertiary/aromatic N) is 1. The number of imide groups is 1. The first-order valence-corrected chi connectivity index (χ1v) is 6.75. The minimum absolute atomic E-state index is 0.0122. The van der Waals surface area contributed by atoms with Gasteiger partial charge in [0, 0.05) is 6.08 Å². The molecule has 0 aliphatic carbocycles. The first-order valence-electron chi connectivity index (χ1n) is 6.75. The molecule has 0 spiro atoms. The number of carboxylic acids is 1. The molecule has 116 valence electrons. The fourth-order valence-electron chi connectivity index (χ4n) is 2.23. The second-order valence-corrected chi connectivity index (χ2v) is 4.84. The van der Waals surface area contributed by atoms with E-state index in [1.807, 2.05) is 0 Å². The average Bonchev–Trinajstić information content (AvgIpc) is 3.12. The van der Waals surface area contributed by atoms with Crippen molar-refractivity contribution in [3.8, 4) is 0 Å². The van der Waals surface area contributed by atoms with Crippen molar-refractivity contribution in [3.05, 3.63) is 65.8 Å². The number of rotatable bonds is 5. The number of anilines is 1. The maximum Gasteiger partial charge on any atom is 0.337 e. The van der Waals surface area contributed by atoms with Gasteiger partial charge in [-0.2, -0.15) is 0 Å². The molecule has 0 saturated carbocycles. The first-order chi connectivity index (χ1) is 11.1. The predicted molar refractivity (Wildman–Crippen MR) is 79.4 cm³/mol. The summed E-state index contributed by atoms with van der Waals surface area (Å²) in [6.07, 6.45) is 2.60. The van der Waals surface area contributed by atoms with E-state index >= 15 is 0 Å². The summed E-state index contributed by atoms with van der Waals surface area (Å²) in [5.41, 5.74) is 0.278. The Morgan fingerprint density at radius 2 is 1.96 bits per heavy atom. The van der Waals surface area contributed by atoms with Gasteiger partial charge in [0.2, 0.25) is 0 Å². The normalized spacial score (nSPS) is 14.1. The third-order valence-corrected chi connectivity index (χ3v) is 3.33. The Morgan fingerprint density at radius 1 is 1.17 bits per heavy atom. The van der Waals surface area contributed by atoms with Gasteiger partial charge in [0.1, 0.15) is 11.5 Å². The Bertz CT molecular complexity index is 808. The highest BCUT2D eigenvalue weighted by molar-refractivity contribution is 6.17. The van der Waals surface area contributed by atoms with Crippen molar-refractivity contribution in [1.29, 1.82) is 0 Å². The molecule has 2 amide bonds. The van der Waals surface area contributed by atoms with Crippen LogP contribution in [0.4, 0.5) is 5.69 Å². The fraction of sp³-hybridized carbons (Fsp3) is 0.0625. The number of benzene rings is 1. The first kappa shape index (κ1) is 14.6. The summed E-state index contributed by atoms with van der Waals surface area (Å²) >= 11 is 0. The second kappa shape index (κ2) is 5.80. The highest BCUT2D eigenvalue weighted by Gasteiger charge is 2.32. The van der Waals surface area contributed by atoms with Crippen molar-refractivity contribution < 1.29 is 23.9 Å². The van der Waals surface area contributed by atoms with Crippen LogP contribution in [0.1, 0.15) is 16.1 Å². The number of hydrogen-bond acceptors (Lipinski definition) is 5. The zero-order chi connectivity index (χ0) is 16.4. The number of carboxylic acid groups (broad SMARTS) is 1. The van der Waals surface area contributed by atoms with E-state index in [1.165, 1.54) is 18.4 Å². The van der Waals surface area contributed by atoms with Crippen molar-refractivity contribution in [2.24, 2.45) is 0 Å². The van der Waals surface area contributed by atoms with Gasteiger partial charge in [-0.1, -0.05) is 12.1 Å². The van der Waals surface area contributed by atoms with Crippen LogP contribution >= 0.6 is 0 Å². The van der Waals surface area contributed by atoms with E-state index in [9.17, 15) is 14.4 Å². The molecular formula is C16H12N2O5. The summed E-state index contributed by atoms with van der Waals surface area (Å²) in [6, 6.07) is 9.47. The fourth-order valence-corrected chi connectivity index (χ4v) is 2.23. The molecule has 1 aromatic heterocycles. The van der Waals surface area contributed by atoms with Crippen LogP contribution in [-0.2, 0) is 16.1 Å². The van der Waals surface area contributed by atoms with Gasteiger partial charge < -0.3 is 14.8 Å². The zero-order valence-electron chi connectivity index (χ0n) is 11.9. The van der Waals surface area contributed by atoms with Crippen LogP contribution in [0, 0.1) is 0 Å². The smallest absolute Gasteiger partial charge is 0.337 e. The van der Waals surface area contributed by atoms with Crippen LogP contribution in [0.3, 0.4) is 0 Å². The summed E-state index contributed by atoms with van der Waals surface area (Å²) in [6.45, 7) is 0.0208. The van der Waals surface area contributed by atoms with Crippen molar-refractivity contribution in [1.82, 2.24) is 4.90 Å². The molecule has 0 atom stereocenters. The molecule has 2 N–H and O–H groups in total. The summed E-state index contributed by atoms with van der Waals surface area (Å²) in [5.74, 6) is -1.67. The van der Waals surface area contributed by atoms with E-state index < -0.39 is 17.8 Å². The molecule has 1 aromatic carbocycles. The molecule has 2 aromatic rings. The monoisotopic (exact) mass is 312 g/mol. The molecule has 0 unspecified atom stereocenters. The van der Waals surface area contributed by atoms with Gasteiger partial charge >= 0.3 is 5.97 Å². The number of nitrogens with one attached hydrogen (secondary N) is 1. The lowest BCUT2D eigenvalue weighted by atomic mass is 10.1. The molecule has 23 heavy (non-hydrogen) atoms. The number of carbonyl (C=O) groups is 3. The standard InChI is InChI=1S/C16H12N2O5/c19-14-8-13(15(20)18(14)9-10-4-3-7-23-10)17-12-6-2-1-5-11(12)16(21)22/h1-8,17H,9H2,(H,21,22). The van der Waals surface area contributed by atoms with E-state index in [1.54, 1.807) is 24.3 Å². The third kappa shape index (κ3) is 2.84. The molecule has 0 saturated heterocycles. The minimum atomic E-state index is -1.13. The number of furan rings is 1. The molecule has 7 heteroatoms. The highest BCUT2D eigenvalue weighted by atomic mass is 16.4. The number of carbonyl (C=O) groups excluding carboxylic acids is 2. The lowest BCUT2D eigenvalue weighted by Crippen LogP contribution is -2.31. The van der Waals surface area contributed by atoms with Gasteiger partial charge in [-0.05, 0) is 24.3 Å². The molecule has 1 aliphatic heterocycles. The Morgan fingerprint density at radius 3 is 2.65 bits per heavy atom. The predicted octanol–water partition coefficient (Wildman–Crippen LogP) is 1.84. The van der Waals surface area contributed by atoms with E-state index in [2.05, 4.69) is 5.32 Å². The van der Waals surface area contributed by atoms with Gasteiger partial charge in [-0.15, -0.1) is 0 Å². The second-order valence-electron chi connectivity index (χ2n) is 4.84. The minimum Gasteiger partial charge on any atom is -0.478 e. The maximum absolute atomic E-state index is 12.3. The van der Waals surface area contributed by atoms with Crippen molar-refractivity contribution in [2.75, 3.05) is 5.32 Å². The van der Waals surface area contributed by atoms with Gasteiger partial charge in [0.05, 0.1) is 24.1 Å². The summed E-state index contributed by atoms with van der Waals surface area (Å²) in [7, 11) is 0. The van der Waals surface area contributed by atoms with Gasteiger partial charge in [0.15, 0.2) is 0 Å². The number of amides is 2. The van der Waals surface area contributed by atoms with Crippen LogP contribution in [0.5, 0.6) is 0 Å². The molecular weight excluding hydrogens is 300 g/mol. The Kier molecular flexibility index (Phi) is 3.68. The third-order valence-electron chi connectivity index (χ3n) is 3.33. The quantitative estimate of drug-likeness (QED) is 0.817. The SMILES string of the molecule is O=C(O)c1ccccc1NC1=CC(=O)N(Cc2ccco2)C1=O. The van der Waals surface area contributed by atoms with Crippen molar-refractivity contribution >= 4 is 23.5 Å². The van der Waals surface area contributed by atoms with Gasteiger partial charge in [-0.25, -0.2) is 4.79 Å². The lowest BCUT2D eigenvalue weighted by Gasteiger charge is -2.14. The van der Waals surface area contributed by atoms with E-state index in [0.29, 0.717) is 5.76 Å². The molecule has 3 rings (SSSR count). The molecule has 0 bridgehead atoms. The van der Waals surface area contributed by atoms with Crippen LogP contribution in [0.25, 0.3) is 0 Å². The van der Waals surface area contributed by atoms with Crippen molar-refractivity contribution in [2.45, 2.75) is 6.54 Å².